The van der Waals surface area contributed by atoms with Gasteiger partial charge in [0.05, 0.1) is 5.38 Å². The first kappa shape index (κ1) is 8.93. The average Bonchev–Trinajstić information content (AvgIpc) is 1.65. The van der Waals surface area contributed by atoms with Crippen molar-refractivity contribution in [3.05, 3.63) is 0 Å². The van der Waals surface area contributed by atoms with E-state index >= 15 is 0 Å². The lowest BCUT2D eigenvalue weighted by atomic mass is 10.6. The summed E-state index contributed by atoms with van der Waals surface area (Å²) in [4.78, 5) is 16.7. The van der Waals surface area contributed by atoms with Crippen molar-refractivity contribution in [2.45, 2.75) is 5.38 Å². The molecule has 0 saturated heterocycles. The second-order valence-corrected chi connectivity index (χ2v) is 3.34. The minimum Gasteiger partial charge on any atom is -0.350 e. The molecule has 0 radical (unpaired) electrons. The first-order chi connectivity index (χ1) is 3.66. The molecule has 0 spiro atoms. The number of hydrogen-bond acceptors (Lipinski definition) is 2. The fourth-order valence-corrected chi connectivity index (χ4v) is 1.34. The van der Waals surface area contributed by atoms with Crippen molar-refractivity contribution < 1.29 is 9.79 Å². The largest absolute Gasteiger partial charge is 0.350 e. The highest BCUT2D eigenvalue weighted by atomic mass is 35.5. The summed E-state index contributed by atoms with van der Waals surface area (Å²) in [6.45, 7) is 0. The molecular formula is C3H7Cl2O2P. The fourth-order valence-electron chi connectivity index (χ4n) is 0.226. The molecule has 0 bridgehead atoms. The molecule has 0 heterocycles. The second-order valence-electron chi connectivity index (χ2n) is 1.31. The minimum atomic E-state index is -1.86. The van der Waals surface area contributed by atoms with E-state index in [-0.39, 0.29) is 17.4 Å². The number of hydrogen-bond donors (Lipinski definition) is 2. The van der Waals surface area contributed by atoms with E-state index in [0.29, 0.717) is 0 Å². The van der Waals surface area contributed by atoms with E-state index in [1.165, 1.54) is 0 Å². The maximum absolute atomic E-state index is 8.33. The van der Waals surface area contributed by atoms with Gasteiger partial charge in [-0.2, -0.15) is 0 Å². The zero-order chi connectivity index (χ0) is 6.57. The van der Waals surface area contributed by atoms with E-state index in [9.17, 15) is 0 Å². The third-order valence-corrected chi connectivity index (χ3v) is 2.35. The van der Waals surface area contributed by atoms with Crippen molar-refractivity contribution >= 4 is 31.6 Å². The van der Waals surface area contributed by atoms with E-state index in [0.717, 1.165) is 0 Å². The number of halogens is 2. The van der Waals surface area contributed by atoms with Crippen LogP contribution in [0.5, 0.6) is 0 Å². The van der Waals surface area contributed by atoms with E-state index < -0.39 is 8.38 Å². The molecule has 0 aliphatic carbocycles. The third kappa shape index (κ3) is 5.07. The number of rotatable bonds is 3. The number of alkyl halides is 2. The van der Waals surface area contributed by atoms with E-state index in [1.807, 2.05) is 0 Å². The second kappa shape index (κ2) is 4.78. The van der Waals surface area contributed by atoms with Gasteiger partial charge in [0.2, 0.25) is 0 Å². The van der Waals surface area contributed by atoms with Crippen LogP contribution < -0.4 is 0 Å². The van der Waals surface area contributed by atoms with Gasteiger partial charge in [-0.15, -0.1) is 23.2 Å². The molecule has 2 nitrogen and oxygen atoms in total. The van der Waals surface area contributed by atoms with Gasteiger partial charge in [0.15, 0.2) is 8.38 Å². The molecule has 0 aliphatic heterocycles. The van der Waals surface area contributed by atoms with Gasteiger partial charge in [-0.1, -0.05) is 0 Å². The summed E-state index contributed by atoms with van der Waals surface area (Å²) >= 11 is 10.7. The van der Waals surface area contributed by atoms with E-state index in [1.54, 1.807) is 0 Å². The highest BCUT2D eigenvalue weighted by molar-refractivity contribution is 7.45. The van der Waals surface area contributed by atoms with Gasteiger partial charge in [0, 0.05) is 12.0 Å². The van der Waals surface area contributed by atoms with Gasteiger partial charge >= 0.3 is 0 Å². The molecule has 0 aromatic rings. The Morgan fingerprint density at radius 3 is 2.12 bits per heavy atom. The molecule has 0 fully saturated rings. The average molecular weight is 177 g/mol. The molecular weight excluding hydrogens is 170 g/mol. The Kier molecular flexibility index (Phi) is 5.33. The van der Waals surface area contributed by atoms with Crippen LogP contribution in [0, 0.1) is 0 Å². The van der Waals surface area contributed by atoms with Crippen molar-refractivity contribution in [2.75, 3.05) is 12.0 Å². The van der Waals surface area contributed by atoms with Gasteiger partial charge in [-0.3, -0.25) is 0 Å². The quantitative estimate of drug-likeness (QED) is 0.501. The van der Waals surface area contributed by atoms with Crippen LogP contribution in [0.4, 0.5) is 0 Å². The van der Waals surface area contributed by atoms with E-state index in [4.69, 9.17) is 33.0 Å². The molecule has 0 rings (SSSR count). The Balaban J connectivity index is 3.10. The third-order valence-electron chi connectivity index (χ3n) is 0.529. The predicted octanol–water partition coefficient (Wildman–Crippen LogP) is 1.13. The van der Waals surface area contributed by atoms with Crippen molar-refractivity contribution in [1.82, 2.24) is 0 Å². The van der Waals surface area contributed by atoms with Crippen LogP contribution in [0.25, 0.3) is 0 Å². The lowest BCUT2D eigenvalue weighted by Gasteiger charge is -2.03. The standard InChI is InChI=1S/C3H7Cl2O2P/c4-1-3(5)2-8(6)7/h3,6-7H,1-2H2. The molecule has 0 aliphatic rings. The molecule has 8 heavy (non-hydrogen) atoms. The monoisotopic (exact) mass is 176 g/mol. The first-order valence-electron chi connectivity index (χ1n) is 2.02. The maximum Gasteiger partial charge on any atom is 0.166 e. The Labute approximate surface area is 59.3 Å². The van der Waals surface area contributed by atoms with Crippen LogP contribution in [-0.2, 0) is 0 Å². The fraction of sp³-hybridized carbons (Fsp3) is 1.00. The van der Waals surface area contributed by atoms with Crippen LogP contribution in [0.1, 0.15) is 0 Å². The van der Waals surface area contributed by atoms with Gasteiger partial charge in [-0.05, 0) is 0 Å². The molecule has 5 heteroatoms. The minimum absolute atomic E-state index is 0.195. The smallest absolute Gasteiger partial charge is 0.166 e. The Morgan fingerprint density at radius 2 is 2.00 bits per heavy atom. The van der Waals surface area contributed by atoms with Gasteiger partial charge in [0.25, 0.3) is 0 Å². The van der Waals surface area contributed by atoms with Gasteiger partial charge in [0.1, 0.15) is 0 Å². The van der Waals surface area contributed by atoms with Crippen LogP contribution in [0.3, 0.4) is 0 Å². The molecule has 0 saturated carbocycles. The summed E-state index contributed by atoms with van der Waals surface area (Å²) in [6, 6.07) is 0. The lowest BCUT2D eigenvalue weighted by Crippen LogP contribution is -2.04. The van der Waals surface area contributed by atoms with Gasteiger partial charge < -0.3 is 9.79 Å². The lowest BCUT2D eigenvalue weighted by molar-refractivity contribution is 0.482. The van der Waals surface area contributed by atoms with Crippen molar-refractivity contribution in [2.24, 2.45) is 0 Å². The summed E-state index contributed by atoms with van der Waals surface area (Å²) in [6.07, 6.45) is 0.195. The SMILES string of the molecule is OP(O)CC(Cl)CCl. The summed E-state index contributed by atoms with van der Waals surface area (Å²) < 4.78 is 0. The van der Waals surface area contributed by atoms with Crippen molar-refractivity contribution in [3.63, 3.8) is 0 Å². The highest BCUT2D eigenvalue weighted by Gasteiger charge is 2.07. The van der Waals surface area contributed by atoms with Crippen LogP contribution >= 0.6 is 31.6 Å². The first-order valence-corrected chi connectivity index (χ1v) is 4.42. The van der Waals surface area contributed by atoms with Crippen molar-refractivity contribution in [3.8, 4) is 0 Å². The van der Waals surface area contributed by atoms with Gasteiger partial charge in [-0.25, -0.2) is 0 Å². The van der Waals surface area contributed by atoms with Crippen LogP contribution in [-0.4, -0.2) is 27.2 Å². The molecule has 2 N–H and O–H groups in total. The predicted molar refractivity (Wildman–Crippen MR) is 36.6 cm³/mol. The highest BCUT2D eigenvalue weighted by Crippen LogP contribution is 2.25. The molecule has 0 aromatic carbocycles. The van der Waals surface area contributed by atoms with Crippen molar-refractivity contribution in [1.29, 1.82) is 0 Å². The topological polar surface area (TPSA) is 40.5 Å². The molecule has 0 aromatic heterocycles. The van der Waals surface area contributed by atoms with Crippen LogP contribution in [0.2, 0.25) is 0 Å². The Bertz CT molecular complexity index is 61.2. The summed E-state index contributed by atoms with van der Waals surface area (Å²) in [5, 5.41) is -0.308. The molecule has 1 unspecified atom stereocenters. The zero-order valence-electron chi connectivity index (χ0n) is 4.09. The van der Waals surface area contributed by atoms with Crippen LogP contribution in [0.15, 0.2) is 0 Å². The normalized spacial score (nSPS) is 14.6. The summed E-state index contributed by atoms with van der Waals surface area (Å²) in [5.74, 6) is 0.265. The Morgan fingerprint density at radius 1 is 1.50 bits per heavy atom. The summed E-state index contributed by atoms with van der Waals surface area (Å²) in [5.41, 5.74) is 0. The molecule has 50 valence electrons. The molecule has 0 amide bonds. The van der Waals surface area contributed by atoms with E-state index in [2.05, 4.69) is 0 Å². The molecule has 1 atom stereocenters. The summed E-state index contributed by atoms with van der Waals surface area (Å²) in [7, 11) is -1.86. The Hall–Kier alpha value is 0.930. The zero-order valence-corrected chi connectivity index (χ0v) is 6.50. The maximum atomic E-state index is 8.33.